The van der Waals surface area contributed by atoms with Crippen LogP contribution in [0.25, 0.3) is 0 Å². The standard InChI is InChI=1S/C20H32N4O5/c1-14(2)13-23-12-4-5-16(23)20(28)22-10-8-17(25)21-11-9-19(27)29-24-15(3)6-7-18(24)26/h14,16H,3-13H2,1-2H3,(H,21,25)(H,22,28)/i1+1,2+1,16D,17+1,19+1,21+1,22+1. The van der Waals surface area contributed by atoms with E-state index in [0.29, 0.717) is 31.0 Å². The summed E-state index contributed by atoms with van der Waals surface area (Å²) in [5, 5.41) is 6.16. The van der Waals surface area contributed by atoms with Crippen molar-refractivity contribution in [2.75, 3.05) is 26.2 Å². The monoisotopic (exact) mass is 415 g/mol. The van der Waals surface area contributed by atoms with Crippen LogP contribution in [0.5, 0.6) is 0 Å². The van der Waals surface area contributed by atoms with Crippen molar-refractivity contribution < 1.29 is 25.4 Å². The van der Waals surface area contributed by atoms with Gasteiger partial charge in [-0.3, -0.25) is 19.3 Å². The third-order valence-corrected chi connectivity index (χ3v) is 4.69. The van der Waals surface area contributed by atoms with Crippen LogP contribution in [0.15, 0.2) is 12.3 Å². The molecule has 0 radical (unpaired) electrons. The number of hydrogen-bond acceptors (Lipinski definition) is 6. The molecule has 9 heteroatoms. The van der Waals surface area contributed by atoms with E-state index in [-0.39, 0.29) is 50.1 Å². The number of carbonyl (C=O) groups is 4. The molecule has 0 aromatic rings. The maximum atomic E-state index is 12.5. The van der Waals surface area contributed by atoms with Crippen LogP contribution >= 0.6 is 0 Å². The van der Waals surface area contributed by atoms with Gasteiger partial charge in [-0.2, -0.15) is 0 Å². The van der Waals surface area contributed by atoms with Gasteiger partial charge in [0, 0.05) is 32.5 Å². The molecule has 0 aliphatic carbocycles. The average Bonchev–Trinajstić information content (AvgIpc) is 3.19. The number of carbonyl (C=O) groups excluding carboxylic acids is 4. The normalized spacial score (nSPS) is 22.7. The SMILES string of the molecule is [2H]C1(C(=O)[15NH]CC[13C](=O)[15NH]CC[13C](=O)ON2C(=C)CCC2=O)CCCN1CC([13CH3])[13CH3]. The molecular formula is C20H32N4O5. The molecule has 2 heterocycles. The maximum absolute atomic E-state index is 12.5. The van der Waals surface area contributed by atoms with Gasteiger partial charge in [-0.05, 0) is 31.7 Å². The molecule has 1 atom stereocenters. The highest BCUT2D eigenvalue weighted by molar-refractivity contribution is 5.83. The molecule has 162 valence electrons. The quantitative estimate of drug-likeness (QED) is 0.402. The minimum atomic E-state index is -1.28. The van der Waals surface area contributed by atoms with E-state index in [4.69, 9.17) is 6.21 Å². The summed E-state index contributed by atoms with van der Waals surface area (Å²) in [5.41, 5.74) is 0.439. The molecule has 2 aliphatic heterocycles. The van der Waals surface area contributed by atoms with Crippen LogP contribution in [0, 0.1) is 5.92 Å². The molecule has 0 aromatic heterocycles. The summed E-state index contributed by atoms with van der Waals surface area (Å²) >= 11 is 0. The summed E-state index contributed by atoms with van der Waals surface area (Å²) in [6, 6.07) is -1.28. The van der Waals surface area contributed by atoms with Crippen molar-refractivity contribution in [1.29, 1.82) is 0 Å². The Kier molecular flexibility index (Phi) is 8.03. The van der Waals surface area contributed by atoms with Crippen molar-refractivity contribution in [3.8, 4) is 0 Å². The molecule has 0 spiro atoms. The minimum absolute atomic E-state index is 0.0441. The molecular weight excluding hydrogens is 382 g/mol. The number of nitrogens with one attached hydrogen (secondary N) is 2. The largest absolute Gasteiger partial charge is 0.355 e. The number of hydrogen-bond donors (Lipinski definition) is 2. The third-order valence-electron chi connectivity index (χ3n) is 4.69. The minimum Gasteiger partial charge on any atom is -0.355 e. The second-order valence-electron chi connectivity index (χ2n) is 7.71. The van der Waals surface area contributed by atoms with Crippen molar-refractivity contribution in [3.63, 3.8) is 0 Å². The van der Waals surface area contributed by atoms with E-state index < -0.39 is 12.0 Å². The van der Waals surface area contributed by atoms with Gasteiger partial charge in [0.25, 0.3) is 5.91 Å². The summed E-state index contributed by atoms with van der Waals surface area (Å²) in [5.74, 6) is -1.29. The molecule has 3 amide bonds. The van der Waals surface area contributed by atoms with Gasteiger partial charge in [-0.25, -0.2) is 4.79 Å². The van der Waals surface area contributed by atoms with E-state index in [9.17, 15) is 19.2 Å². The lowest BCUT2D eigenvalue weighted by Gasteiger charge is -2.25. The van der Waals surface area contributed by atoms with Gasteiger partial charge in [-0.1, -0.05) is 20.4 Å². The zero-order valence-electron chi connectivity index (χ0n) is 18.3. The van der Waals surface area contributed by atoms with E-state index in [2.05, 4.69) is 31.1 Å². The first kappa shape index (κ1) is 21.3. The number of rotatable bonds is 10. The first-order valence-corrected chi connectivity index (χ1v) is 10.1. The molecule has 2 aliphatic rings. The molecule has 0 bridgehead atoms. The van der Waals surface area contributed by atoms with Gasteiger partial charge in [0.2, 0.25) is 11.8 Å². The Morgan fingerprint density at radius 3 is 2.62 bits per heavy atom. The van der Waals surface area contributed by atoms with Crippen LogP contribution < -0.4 is 10.6 Å². The zero-order chi connectivity index (χ0) is 22.3. The lowest BCUT2D eigenvalue weighted by molar-refractivity contribution is -0.186. The number of likely N-dealkylation sites (tertiary alicyclic amines) is 1. The van der Waals surface area contributed by atoms with Crippen LogP contribution in [0.2, 0.25) is 0 Å². The van der Waals surface area contributed by atoms with E-state index in [1.807, 2.05) is 4.90 Å². The molecule has 2 saturated heterocycles. The second-order valence-corrected chi connectivity index (χ2v) is 7.71. The van der Waals surface area contributed by atoms with Gasteiger partial charge in [0.15, 0.2) is 0 Å². The maximum Gasteiger partial charge on any atom is 0.334 e. The highest BCUT2D eigenvalue weighted by Gasteiger charge is 2.30. The summed E-state index contributed by atoms with van der Waals surface area (Å²) in [7, 11) is 0. The Balaban J connectivity index is 1.64. The van der Waals surface area contributed by atoms with Crippen LogP contribution in [-0.2, 0) is 24.0 Å². The molecule has 29 heavy (non-hydrogen) atoms. The Hall–Kier alpha value is -2.42. The van der Waals surface area contributed by atoms with Crippen molar-refractivity contribution in [1.82, 2.24) is 20.6 Å². The van der Waals surface area contributed by atoms with Crippen LogP contribution in [0.4, 0.5) is 0 Å². The van der Waals surface area contributed by atoms with Crippen LogP contribution in [-0.4, -0.2) is 65.9 Å². The Morgan fingerprint density at radius 1 is 1.24 bits per heavy atom. The Bertz CT molecular complexity index is 683. The number of amides is 3. The van der Waals surface area contributed by atoms with E-state index in [0.717, 1.165) is 18.0 Å². The van der Waals surface area contributed by atoms with Crippen molar-refractivity contribution in [2.45, 2.75) is 58.4 Å². The Morgan fingerprint density at radius 2 is 1.97 bits per heavy atom. The lowest BCUT2D eigenvalue weighted by atomic mass is 10.2. The highest BCUT2D eigenvalue weighted by Crippen LogP contribution is 2.21. The third kappa shape index (κ3) is 7.16. The van der Waals surface area contributed by atoms with Gasteiger partial charge in [0.05, 0.1) is 19.5 Å². The first-order chi connectivity index (χ1) is 14.1. The zero-order valence-corrected chi connectivity index (χ0v) is 17.3. The van der Waals surface area contributed by atoms with Crippen molar-refractivity contribution >= 4 is 23.7 Å². The van der Waals surface area contributed by atoms with E-state index in [1.54, 1.807) is 0 Å². The van der Waals surface area contributed by atoms with Gasteiger partial charge in [-0.15, -0.1) is 5.06 Å². The molecule has 1 unspecified atom stereocenters. The second kappa shape index (κ2) is 10.9. The molecule has 0 aromatic carbocycles. The fraction of sp³-hybridized carbons (Fsp3) is 0.700. The van der Waals surface area contributed by atoms with Crippen molar-refractivity contribution in [3.05, 3.63) is 12.3 Å². The predicted molar refractivity (Wildman–Crippen MR) is 106 cm³/mol. The summed E-state index contributed by atoms with van der Waals surface area (Å²) in [4.78, 5) is 54.5. The number of allylic oxidation sites excluding steroid dienone is 1. The fourth-order valence-corrected chi connectivity index (χ4v) is 3.31. The smallest absolute Gasteiger partial charge is 0.334 e. The molecule has 9 nitrogen and oxygen atoms in total. The molecule has 0 saturated carbocycles. The van der Waals surface area contributed by atoms with E-state index >= 15 is 0 Å². The summed E-state index contributed by atoms with van der Waals surface area (Å²) in [6.07, 6.45) is 1.97. The van der Waals surface area contributed by atoms with Gasteiger partial charge < -0.3 is 15.5 Å². The molecule has 2 fully saturated rings. The molecule has 2 N–H and O–H groups in total. The van der Waals surface area contributed by atoms with Crippen LogP contribution in [0.3, 0.4) is 0 Å². The first-order valence-electron chi connectivity index (χ1n) is 10.6. The topological polar surface area (TPSA) is 108 Å². The number of hydroxylamine groups is 2. The predicted octanol–water partition coefficient (Wildman–Crippen LogP) is 0.714. The van der Waals surface area contributed by atoms with Crippen molar-refractivity contribution in [2.24, 2.45) is 5.92 Å². The lowest BCUT2D eigenvalue weighted by Crippen LogP contribution is -2.45. The van der Waals surface area contributed by atoms with E-state index in [1.165, 1.54) is 0 Å². The molecule has 2 rings (SSSR count). The highest BCUT2D eigenvalue weighted by atomic mass is 16.8. The average molecular weight is 415 g/mol. The summed E-state index contributed by atoms with van der Waals surface area (Å²) < 4.78 is 8.53. The van der Waals surface area contributed by atoms with Gasteiger partial charge >= 0.3 is 5.97 Å². The summed E-state index contributed by atoms with van der Waals surface area (Å²) in [6.45, 7) is 9.35. The van der Waals surface area contributed by atoms with Crippen LogP contribution in [0.1, 0.15) is 53.7 Å². The van der Waals surface area contributed by atoms with Gasteiger partial charge in [0.1, 0.15) is 0 Å². The fourth-order valence-electron chi connectivity index (χ4n) is 3.31. The number of nitrogens with zero attached hydrogens (tertiary/aromatic N) is 2. The Labute approximate surface area is 173 Å².